The summed E-state index contributed by atoms with van der Waals surface area (Å²) in [5.41, 5.74) is 3.69. The Morgan fingerprint density at radius 3 is 2.45 bits per heavy atom. The van der Waals surface area contributed by atoms with E-state index in [0.29, 0.717) is 11.6 Å². The Bertz CT molecular complexity index is 630. The molecule has 0 unspecified atom stereocenters. The Morgan fingerprint density at radius 2 is 1.95 bits per heavy atom. The fraction of sp³-hybridized carbons (Fsp3) is 0.333. The Balaban J connectivity index is 2.40. The average molecular weight is 337 g/mol. The highest BCUT2D eigenvalue weighted by Gasteiger charge is 2.17. The lowest BCUT2D eigenvalue weighted by Gasteiger charge is -2.05. The molecule has 0 saturated carbocycles. The number of carboxylic acid groups (broad SMARTS) is 1. The summed E-state index contributed by atoms with van der Waals surface area (Å²) in [5.74, 6) is -0.380. The van der Waals surface area contributed by atoms with Crippen molar-refractivity contribution in [3.8, 4) is 11.3 Å². The minimum atomic E-state index is -0.865. The van der Waals surface area contributed by atoms with Crippen LogP contribution in [0, 0.1) is 0 Å². The molecule has 106 valence electrons. The zero-order valence-corrected chi connectivity index (χ0v) is 13.3. The first-order valence-electron chi connectivity index (χ1n) is 6.43. The van der Waals surface area contributed by atoms with E-state index in [1.807, 2.05) is 12.1 Å². The van der Waals surface area contributed by atoms with Crippen molar-refractivity contribution in [3.63, 3.8) is 0 Å². The molecule has 2 aromatic rings. The fourth-order valence-corrected chi connectivity index (χ4v) is 2.78. The lowest BCUT2D eigenvalue weighted by Crippen LogP contribution is -2.06. The zero-order chi connectivity index (χ0) is 14.9. The predicted octanol–water partition coefficient (Wildman–Crippen LogP) is 3.60. The van der Waals surface area contributed by atoms with Gasteiger partial charge in [0.15, 0.2) is 0 Å². The molecule has 0 amide bonds. The number of benzene rings is 1. The van der Waals surface area contributed by atoms with E-state index < -0.39 is 5.97 Å². The monoisotopic (exact) mass is 336 g/mol. The van der Waals surface area contributed by atoms with Gasteiger partial charge in [-0.05, 0) is 27.4 Å². The summed E-state index contributed by atoms with van der Waals surface area (Å²) in [4.78, 5) is 10.9. The van der Waals surface area contributed by atoms with Gasteiger partial charge in [-0.3, -0.25) is 9.48 Å². The van der Waals surface area contributed by atoms with Gasteiger partial charge in [-0.25, -0.2) is 0 Å². The summed E-state index contributed by atoms with van der Waals surface area (Å²) in [6.45, 7) is 4.30. The number of carbonyl (C=O) groups is 1. The SMILES string of the molecule is CC(C)c1ccc(-c2nn(C)c(CC(=O)O)c2Br)cc1. The molecule has 0 fully saturated rings. The van der Waals surface area contributed by atoms with E-state index in [1.165, 1.54) is 5.56 Å². The fourth-order valence-electron chi connectivity index (χ4n) is 2.08. The van der Waals surface area contributed by atoms with Crippen LogP contribution in [0.1, 0.15) is 31.0 Å². The number of hydrogen-bond donors (Lipinski definition) is 1. The van der Waals surface area contributed by atoms with E-state index >= 15 is 0 Å². The second kappa shape index (κ2) is 5.79. The van der Waals surface area contributed by atoms with Gasteiger partial charge < -0.3 is 5.11 Å². The number of aromatic nitrogens is 2. The molecule has 1 N–H and O–H groups in total. The van der Waals surface area contributed by atoms with Crippen LogP contribution in [0.15, 0.2) is 28.7 Å². The van der Waals surface area contributed by atoms with Crippen molar-refractivity contribution in [1.82, 2.24) is 9.78 Å². The lowest BCUT2D eigenvalue weighted by atomic mass is 10.0. The van der Waals surface area contributed by atoms with Crippen LogP contribution < -0.4 is 0 Å². The van der Waals surface area contributed by atoms with Crippen molar-refractivity contribution in [2.75, 3.05) is 0 Å². The van der Waals surface area contributed by atoms with Gasteiger partial charge in [-0.1, -0.05) is 38.1 Å². The van der Waals surface area contributed by atoms with Crippen molar-refractivity contribution in [2.24, 2.45) is 7.05 Å². The smallest absolute Gasteiger partial charge is 0.309 e. The van der Waals surface area contributed by atoms with Crippen LogP contribution in [0.25, 0.3) is 11.3 Å². The lowest BCUT2D eigenvalue weighted by molar-refractivity contribution is -0.136. The van der Waals surface area contributed by atoms with E-state index in [9.17, 15) is 4.79 Å². The Labute approximate surface area is 126 Å². The molecule has 0 bridgehead atoms. The quantitative estimate of drug-likeness (QED) is 0.927. The number of carboxylic acids is 1. The van der Waals surface area contributed by atoms with Gasteiger partial charge in [0.2, 0.25) is 0 Å². The Hall–Kier alpha value is -1.62. The maximum absolute atomic E-state index is 10.9. The highest BCUT2D eigenvalue weighted by molar-refractivity contribution is 9.10. The summed E-state index contributed by atoms with van der Waals surface area (Å²) in [5, 5.41) is 13.3. The van der Waals surface area contributed by atoms with Crippen molar-refractivity contribution >= 4 is 21.9 Å². The van der Waals surface area contributed by atoms with Gasteiger partial charge in [0.1, 0.15) is 5.69 Å². The third kappa shape index (κ3) is 2.93. The molecule has 5 heteroatoms. The molecule has 20 heavy (non-hydrogen) atoms. The van der Waals surface area contributed by atoms with Crippen LogP contribution in [0.4, 0.5) is 0 Å². The molecule has 0 aliphatic carbocycles. The van der Waals surface area contributed by atoms with Crippen LogP contribution in [0.3, 0.4) is 0 Å². The summed E-state index contributed by atoms with van der Waals surface area (Å²) in [6.07, 6.45) is -0.0475. The Kier molecular flexibility index (Phi) is 4.28. The molecule has 1 heterocycles. The molecule has 0 saturated heterocycles. The normalized spacial score (nSPS) is 11.1. The van der Waals surface area contributed by atoms with Gasteiger partial charge in [0.25, 0.3) is 0 Å². The second-order valence-corrected chi connectivity index (χ2v) is 5.87. The molecule has 0 spiro atoms. The molecule has 0 aliphatic rings. The van der Waals surface area contributed by atoms with Gasteiger partial charge >= 0.3 is 5.97 Å². The van der Waals surface area contributed by atoms with Crippen LogP contribution in [-0.4, -0.2) is 20.9 Å². The highest BCUT2D eigenvalue weighted by Crippen LogP contribution is 2.31. The zero-order valence-electron chi connectivity index (χ0n) is 11.7. The van der Waals surface area contributed by atoms with Gasteiger partial charge in [0, 0.05) is 12.6 Å². The van der Waals surface area contributed by atoms with E-state index in [2.05, 4.69) is 47.0 Å². The van der Waals surface area contributed by atoms with Crippen molar-refractivity contribution in [1.29, 1.82) is 0 Å². The first-order valence-corrected chi connectivity index (χ1v) is 7.23. The molecule has 1 aromatic carbocycles. The van der Waals surface area contributed by atoms with Gasteiger partial charge in [-0.15, -0.1) is 0 Å². The third-order valence-corrected chi connectivity index (χ3v) is 4.10. The largest absolute Gasteiger partial charge is 0.481 e. The van der Waals surface area contributed by atoms with Crippen molar-refractivity contribution < 1.29 is 9.90 Å². The predicted molar refractivity (Wildman–Crippen MR) is 81.8 cm³/mol. The maximum Gasteiger partial charge on any atom is 0.309 e. The van der Waals surface area contributed by atoms with Crippen molar-refractivity contribution in [2.45, 2.75) is 26.2 Å². The number of hydrogen-bond acceptors (Lipinski definition) is 2. The molecule has 0 aliphatic heterocycles. The van der Waals surface area contributed by atoms with Crippen LogP contribution in [0.2, 0.25) is 0 Å². The van der Waals surface area contributed by atoms with Crippen LogP contribution >= 0.6 is 15.9 Å². The van der Waals surface area contributed by atoms with Gasteiger partial charge in [-0.2, -0.15) is 5.10 Å². The maximum atomic E-state index is 10.9. The third-order valence-electron chi connectivity index (χ3n) is 3.27. The average Bonchev–Trinajstić information content (AvgIpc) is 2.66. The molecule has 2 rings (SSSR count). The molecule has 0 atom stereocenters. The summed E-state index contributed by atoms with van der Waals surface area (Å²) in [6, 6.07) is 8.20. The van der Waals surface area contributed by atoms with E-state index in [1.54, 1.807) is 11.7 Å². The highest BCUT2D eigenvalue weighted by atomic mass is 79.9. The molecule has 0 radical (unpaired) electrons. The molecule has 4 nitrogen and oxygen atoms in total. The second-order valence-electron chi connectivity index (χ2n) is 5.08. The number of aryl methyl sites for hydroxylation is 1. The van der Waals surface area contributed by atoms with Crippen LogP contribution in [0.5, 0.6) is 0 Å². The summed E-state index contributed by atoms with van der Waals surface area (Å²) >= 11 is 3.47. The molecule has 1 aromatic heterocycles. The van der Waals surface area contributed by atoms with E-state index in [4.69, 9.17) is 5.11 Å². The minimum absolute atomic E-state index is 0.0475. The topological polar surface area (TPSA) is 55.1 Å². The first kappa shape index (κ1) is 14.8. The van der Waals surface area contributed by atoms with E-state index in [0.717, 1.165) is 15.7 Å². The molecular weight excluding hydrogens is 320 g/mol. The minimum Gasteiger partial charge on any atom is -0.481 e. The van der Waals surface area contributed by atoms with Crippen LogP contribution in [-0.2, 0) is 18.3 Å². The van der Waals surface area contributed by atoms with E-state index in [-0.39, 0.29) is 6.42 Å². The molecular formula is C15H17BrN2O2. The Morgan fingerprint density at radius 1 is 1.35 bits per heavy atom. The number of nitrogens with zero attached hydrogens (tertiary/aromatic N) is 2. The number of halogens is 1. The van der Waals surface area contributed by atoms with Crippen molar-refractivity contribution in [3.05, 3.63) is 40.0 Å². The number of rotatable bonds is 4. The standard InChI is InChI=1S/C15H17BrN2O2/c1-9(2)10-4-6-11(7-5-10)15-14(16)12(8-13(19)20)18(3)17-15/h4-7,9H,8H2,1-3H3,(H,19,20). The summed E-state index contributed by atoms with van der Waals surface area (Å²) < 4.78 is 2.36. The first-order chi connectivity index (χ1) is 9.40. The summed E-state index contributed by atoms with van der Waals surface area (Å²) in [7, 11) is 1.76. The number of aliphatic carboxylic acids is 1. The van der Waals surface area contributed by atoms with Gasteiger partial charge in [0.05, 0.1) is 16.6 Å².